The topological polar surface area (TPSA) is 125 Å². The van der Waals surface area contributed by atoms with Crippen molar-refractivity contribution in [3.8, 4) is 22.8 Å². The lowest BCUT2D eigenvalue weighted by Gasteiger charge is -2.20. The molecule has 1 atom stereocenters. The van der Waals surface area contributed by atoms with E-state index in [1.165, 1.54) is 0 Å². The fourth-order valence-corrected chi connectivity index (χ4v) is 2.85. The van der Waals surface area contributed by atoms with Crippen molar-refractivity contribution in [2.45, 2.75) is 20.0 Å². The second-order valence-corrected chi connectivity index (χ2v) is 6.86. The molecule has 1 aromatic heterocycles. The van der Waals surface area contributed by atoms with Crippen molar-refractivity contribution < 1.29 is 23.5 Å². The third-order valence-corrected chi connectivity index (χ3v) is 4.29. The molecule has 8 heteroatoms. The molecule has 3 amide bonds. The molecule has 0 saturated carbocycles. The summed E-state index contributed by atoms with van der Waals surface area (Å²) in [5.41, 5.74) is 6.43. The molecule has 0 unspecified atom stereocenters. The molecule has 0 aliphatic carbocycles. The van der Waals surface area contributed by atoms with Crippen LogP contribution < -0.4 is 11.1 Å². The van der Waals surface area contributed by atoms with E-state index >= 15 is 0 Å². The summed E-state index contributed by atoms with van der Waals surface area (Å²) in [5.74, 6) is -1.13. The molecule has 0 fully saturated rings. The van der Waals surface area contributed by atoms with Crippen LogP contribution in [0.4, 0.5) is 4.79 Å². The molecule has 8 nitrogen and oxygen atoms in total. The number of primary amides is 1. The van der Waals surface area contributed by atoms with E-state index in [-0.39, 0.29) is 17.4 Å². The summed E-state index contributed by atoms with van der Waals surface area (Å²) in [6, 6.07) is 15.0. The van der Waals surface area contributed by atoms with E-state index in [2.05, 4.69) is 4.98 Å². The second-order valence-electron chi connectivity index (χ2n) is 6.86. The first kappa shape index (κ1) is 20.8. The van der Waals surface area contributed by atoms with Gasteiger partial charge in [0.15, 0.2) is 11.9 Å². The molecule has 30 heavy (non-hydrogen) atoms. The van der Waals surface area contributed by atoms with Gasteiger partial charge in [-0.05, 0) is 18.1 Å². The lowest BCUT2D eigenvalue weighted by Crippen LogP contribution is -2.45. The fourth-order valence-electron chi connectivity index (χ4n) is 2.85. The Hall–Kier alpha value is -3.94. The number of aromatic nitrogens is 1. The Morgan fingerprint density at radius 2 is 1.70 bits per heavy atom. The van der Waals surface area contributed by atoms with Crippen molar-refractivity contribution in [3.63, 3.8) is 0 Å². The van der Waals surface area contributed by atoms with Gasteiger partial charge < -0.3 is 14.9 Å². The average Bonchev–Trinajstić information content (AvgIpc) is 3.22. The molecular formula is C22H21N3O5. The van der Waals surface area contributed by atoms with Crippen LogP contribution in [0, 0.1) is 5.92 Å². The summed E-state index contributed by atoms with van der Waals surface area (Å²) >= 11 is 0. The Labute approximate surface area is 173 Å². The van der Waals surface area contributed by atoms with E-state index in [0.717, 1.165) is 5.56 Å². The Balaban J connectivity index is 1.88. The Kier molecular flexibility index (Phi) is 6.26. The standard InChI is InChI=1S/C22H21N3O5/c1-13(2)18(19(26)25-22(23)28)30-21(27)16-11-7-6-10-15(16)20-24-12-17(29-20)14-8-4-3-5-9-14/h3-13,18H,1-2H3,(H3,23,25,26,28)/t18-/m1/s1. The van der Waals surface area contributed by atoms with Crippen molar-refractivity contribution in [1.29, 1.82) is 0 Å². The summed E-state index contributed by atoms with van der Waals surface area (Å²) in [4.78, 5) is 40.2. The number of imide groups is 1. The largest absolute Gasteiger partial charge is 0.448 e. The summed E-state index contributed by atoms with van der Waals surface area (Å²) in [6.45, 7) is 3.37. The Morgan fingerprint density at radius 1 is 1.03 bits per heavy atom. The minimum atomic E-state index is -1.19. The Morgan fingerprint density at radius 3 is 2.37 bits per heavy atom. The normalized spacial score (nSPS) is 11.7. The van der Waals surface area contributed by atoms with E-state index in [9.17, 15) is 14.4 Å². The van der Waals surface area contributed by atoms with Gasteiger partial charge in [-0.1, -0.05) is 56.3 Å². The Bertz CT molecular complexity index is 1060. The third kappa shape index (κ3) is 4.72. The number of amides is 3. The number of nitrogens with two attached hydrogens (primary N) is 1. The monoisotopic (exact) mass is 407 g/mol. The molecular weight excluding hydrogens is 386 g/mol. The van der Waals surface area contributed by atoms with E-state index in [0.29, 0.717) is 11.3 Å². The predicted octanol–water partition coefficient (Wildman–Crippen LogP) is 3.38. The molecule has 0 saturated heterocycles. The number of urea groups is 1. The minimum absolute atomic E-state index is 0.177. The summed E-state index contributed by atoms with van der Waals surface area (Å²) < 4.78 is 11.2. The van der Waals surface area contributed by atoms with Crippen molar-refractivity contribution in [2.75, 3.05) is 0 Å². The van der Waals surface area contributed by atoms with E-state index < -0.39 is 24.0 Å². The predicted molar refractivity (Wildman–Crippen MR) is 109 cm³/mol. The quantitative estimate of drug-likeness (QED) is 0.604. The van der Waals surface area contributed by atoms with Gasteiger partial charge in [-0.25, -0.2) is 14.6 Å². The lowest BCUT2D eigenvalue weighted by atomic mass is 10.1. The van der Waals surface area contributed by atoms with Crippen LogP contribution in [0.25, 0.3) is 22.8 Å². The molecule has 0 aliphatic rings. The zero-order chi connectivity index (χ0) is 21.7. The number of carbonyl (C=O) groups is 3. The zero-order valence-corrected chi connectivity index (χ0v) is 16.5. The molecule has 1 heterocycles. The van der Waals surface area contributed by atoms with Crippen molar-refractivity contribution in [3.05, 3.63) is 66.4 Å². The molecule has 0 aliphatic heterocycles. The van der Waals surface area contributed by atoms with Gasteiger partial charge in [-0.15, -0.1) is 0 Å². The third-order valence-electron chi connectivity index (χ3n) is 4.29. The number of rotatable bonds is 6. The number of nitrogens with zero attached hydrogens (tertiary/aromatic N) is 1. The minimum Gasteiger partial charge on any atom is -0.448 e. The van der Waals surface area contributed by atoms with E-state index in [1.807, 2.05) is 35.6 Å². The number of nitrogens with one attached hydrogen (secondary N) is 1. The lowest BCUT2D eigenvalue weighted by molar-refractivity contribution is -0.130. The molecule has 3 aromatic rings. The fraction of sp³-hybridized carbons (Fsp3) is 0.182. The molecule has 2 aromatic carbocycles. The highest BCUT2D eigenvalue weighted by Gasteiger charge is 2.29. The van der Waals surface area contributed by atoms with Crippen LogP contribution in [0.2, 0.25) is 0 Å². The number of hydrogen-bond acceptors (Lipinski definition) is 6. The highest BCUT2D eigenvalue weighted by Crippen LogP contribution is 2.29. The number of carbonyl (C=O) groups excluding carboxylic acids is 3. The van der Waals surface area contributed by atoms with Crippen molar-refractivity contribution >= 4 is 17.9 Å². The van der Waals surface area contributed by atoms with Gasteiger partial charge in [-0.2, -0.15) is 0 Å². The van der Waals surface area contributed by atoms with Crippen LogP contribution in [0.5, 0.6) is 0 Å². The smallest absolute Gasteiger partial charge is 0.339 e. The number of oxazole rings is 1. The van der Waals surface area contributed by atoms with Crippen LogP contribution in [0.15, 0.2) is 65.2 Å². The summed E-state index contributed by atoms with van der Waals surface area (Å²) in [6.07, 6.45) is 0.381. The molecule has 3 rings (SSSR count). The summed E-state index contributed by atoms with van der Waals surface area (Å²) in [5, 5.41) is 1.94. The van der Waals surface area contributed by atoms with Gasteiger partial charge in [-0.3, -0.25) is 10.1 Å². The van der Waals surface area contributed by atoms with Gasteiger partial charge in [0, 0.05) is 5.56 Å². The van der Waals surface area contributed by atoms with Gasteiger partial charge in [0.1, 0.15) is 0 Å². The molecule has 154 valence electrons. The van der Waals surface area contributed by atoms with Crippen LogP contribution in [0.1, 0.15) is 24.2 Å². The first-order chi connectivity index (χ1) is 14.4. The van der Waals surface area contributed by atoms with Gasteiger partial charge in [0.2, 0.25) is 5.89 Å². The van der Waals surface area contributed by atoms with Crippen molar-refractivity contribution in [1.82, 2.24) is 10.3 Å². The summed E-state index contributed by atoms with van der Waals surface area (Å²) in [7, 11) is 0. The number of ether oxygens (including phenoxy) is 1. The number of esters is 1. The van der Waals surface area contributed by atoms with E-state index in [4.69, 9.17) is 14.9 Å². The molecule has 0 radical (unpaired) electrons. The van der Waals surface area contributed by atoms with Crippen LogP contribution in [0.3, 0.4) is 0 Å². The average molecular weight is 407 g/mol. The highest BCUT2D eigenvalue weighted by molar-refractivity contribution is 6.00. The van der Waals surface area contributed by atoms with Crippen LogP contribution in [-0.2, 0) is 9.53 Å². The SMILES string of the molecule is CC(C)[C@@H](OC(=O)c1ccccc1-c1ncc(-c2ccccc2)o1)C(=O)NC(N)=O. The number of benzene rings is 2. The second kappa shape index (κ2) is 9.04. The first-order valence-corrected chi connectivity index (χ1v) is 9.28. The zero-order valence-electron chi connectivity index (χ0n) is 16.5. The number of hydrogen-bond donors (Lipinski definition) is 2. The van der Waals surface area contributed by atoms with E-state index in [1.54, 1.807) is 44.3 Å². The van der Waals surface area contributed by atoms with Gasteiger partial charge >= 0.3 is 12.0 Å². The van der Waals surface area contributed by atoms with Gasteiger partial charge in [0.05, 0.1) is 17.3 Å². The highest BCUT2D eigenvalue weighted by atomic mass is 16.5. The van der Waals surface area contributed by atoms with Crippen molar-refractivity contribution in [2.24, 2.45) is 11.7 Å². The maximum absolute atomic E-state index is 12.8. The molecule has 3 N–H and O–H groups in total. The molecule has 0 bridgehead atoms. The van der Waals surface area contributed by atoms with Crippen LogP contribution in [-0.4, -0.2) is 29.0 Å². The first-order valence-electron chi connectivity index (χ1n) is 9.28. The maximum Gasteiger partial charge on any atom is 0.339 e. The van der Waals surface area contributed by atoms with Gasteiger partial charge in [0.25, 0.3) is 5.91 Å². The van der Waals surface area contributed by atoms with Crippen LogP contribution >= 0.6 is 0 Å². The molecule has 0 spiro atoms. The maximum atomic E-state index is 12.8.